The zero-order valence-electron chi connectivity index (χ0n) is 9.85. The monoisotopic (exact) mass is 321 g/mol. The van der Waals surface area contributed by atoms with E-state index >= 15 is 0 Å². The van der Waals surface area contributed by atoms with Crippen LogP contribution >= 0.6 is 27.3 Å². The molecule has 0 spiro atoms. The van der Waals surface area contributed by atoms with Crippen LogP contribution in [0.2, 0.25) is 0 Å². The SMILES string of the molecule is Cc1nc2cc(N)ccc2n1Cc1ccc(Br)s1. The molecular weight excluding hydrogens is 310 g/mol. The second kappa shape index (κ2) is 4.40. The maximum Gasteiger partial charge on any atom is 0.107 e. The standard InChI is InChI=1S/C13H12BrN3S/c1-8-16-11-6-9(15)2-4-12(11)17(8)7-10-3-5-13(14)18-10/h2-6H,7,15H2,1H3. The zero-order chi connectivity index (χ0) is 12.7. The number of benzene rings is 1. The smallest absolute Gasteiger partial charge is 0.107 e. The van der Waals surface area contributed by atoms with E-state index in [1.54, 1.807) is 11.3 Å². The van der Waals surface area contributed by atoms with Gasteiger partial charge in [0.2, 0.25) is 0 Å². The van der Waals surface area contributed by atoms with E-state index in [0.717, 1.165) is 32.9 Å². The lowest BCUT2D eigenvalue weighted by atomic mass is 10.3. The van der Waals surface area contributed by atoms with Gasteiger partial charge in [-0.15, -0.1) is 11.3 Å². The van der Waals surface area contributed by atoms with Crippen molar-refractivity contribution in [2.45, 2.75) is 13.5 Å². The molecule has 2 aromatic heterocycles. The molecule has 0 bridgehead atoms. The lowest BCUT2D eigenvalue weighted by Crippen LogP contribution is -2.00. The molecule has 0 atom stereocenters. The molecular formula is C13H12BrN3S. The Bertz CT molecular complexity index is 714. The van der Waals surface area contributed by atoms with Crippen molar-refractivity contribution in [3.63, 3.8) is 0 Å². The first-order valence-corrected chi connectivity index (χ1v) is 7.21. The van der Waals surface area contributed by atoms with E-state index in [1.807, 2.05) is 25.1 Å². The molecule has 2 N–H and O–H groups in total. The number of aryl methyl sites for hydroxylation is 1. The first-order valence-electron chi connectivity index (χ1n) is 5.60. The van der Waals surface area contributed by atoms with E-state index in [-0.39, 0.29) is 0 Å². The van der Waals surface area contributed by atoms with Crippen molar-refractivity contribution >= 4 is 44.0 Å². The number of hydrogen-bond acceptors (Lipinski definition) is 3. The van der Waals surface area contributed by atoms with E-state index in [0.29, 0.717) is 0 Å². The zero-order valence-corrected chi connectivity index (χ0v) is 12.3. The largest absolute Gasteiger partial charge is 0.399 e. The Balaban J connectivity index is 2.08. The fourth-order valence-corrected chi connectivity index (χ4v) is 3.53. The third-order valence-electron chi connectivity index (χ3n) is 2.91. The Labute approximate surface area is 117 Å². The van der Waals surface area contributed by atoms with Gasteiger partial charge in [0.15, 0.2) is 0 Å². The quantitative estimate of drug-likeness (QED) is 0.729. The number of aromatic nitrogens is 2. The molecule has 3 nitrogen and oxygen atoms in total. The Morgan fingerprint density at radius 2 is 2.17 bits per heavy atom. The molecule has 0 fully saturated rings. The van der Waals surface area contributed by atoms with Crippen LogP contribution in [0, 0.1) is 6.92 Å². The van der Waals surface area contributed by atoms with Crippen LogP contribution in [0.5, 0.6) is 0 Å². The first kappa shape index (κ1) is 11.7. The highest BCUT2D eigenvalue weighted by molar-refractivity contribution is 9.11. The molecule has 1 aromatic carbocycles. The van der Waals surface area contributed by atoms with Crippen molar-refractivity contribution < 1.29 is 0 Å². The third-order valence-corrected chi connectivity index (χ3v) is 4.51. The van der Waals surface area contributed by atoms with E-state index in [2.05, 4.69) is 37.6 Å². The number of thiophene rings is 1. The number of nitrogens with zero attached hydrogens (tertiary/aromatic N) is 2. The predicted octanol–water partition coefficient (Wildman–Crippen LogP) is 3.80. The Morgan fingerprint density at radius 3 is 2.89 bits per heavy atom. The van der Waals surface area contributed by atoms with Crippen molar-refractivity contribution in [1.29, 1.82) is 0 Å². The summed E-state index contributed by atoms with van der Waals surface area (Å²) in [5.74, 6) is 1.01. The van der Waals surface area contributed by atoms with Crippen molar-refractivity contribution in [3.8, 4) is 0 Å². The van der Waals surface area contributed by atoms with Crippen LogP contribution in [-0.4, -0.2) is 9.55 Å². The molecule has 18 heavy (non-hydrogen) atoms. The molecule has 0 saturated heterocycles. The summed E-state index contributed by atoms with van der Waals surface area (Å²) in [6.07, 6.45) is 0. The van der Waals surface area contributed by atoms with Crippen LogP contribution in [-0.2, 0) is 6.54 Å². The summed E-state index contributed by atoms with van der Waals surface area (Å²) >= 11 is 5.24. The van der Waals surface area contributed by atoms with Crippen LogP contribution in [0.1, 0.15) is 10.7 Å². The highest BCUT2D eigenvalue weighted by atomic mass is 79.9. The number of nitrogen functional groups attached to an aromatic ring is 1. The molecule has 0 radical (unpaired) electrons. The highest BCUT2D eigenvalue weighted by Gasteiger charge is 2.09. The molecule has 3 rings (SSSR count). The normalized spacial score (nSPS) is 11.2. The molecule has 0 aliphatic carbocycles. The molecule has 5 heteroatoms. The van der Waals surface area contributed by atoms with Gasteiger partial charge in [0.1, 0.15) is 5.82 Å². The molecule has 2 heterocycles. The van der Waals surface area contributed by atoms with Gasteiger partial charge in [-0.1, -0.05) is 0 Å². The van der Waals surface area contributed by atoms with Gasteiger partial charge >= 0.3 is 0 Å². The summed E-state index contributed by atoms with van der Waals surface area (Å²) < 4.78 is 3.37. The molecule has 0 aliphatic heterocycles. The minimum Gasteiger partial charge on any atom is -0.399 e. The average Bonchev–Trinajstić information content (AvgIpc) is 2.84. The van der Waals surface area contributed by atoms with Gasteiger partial charge in [-0.2, -0.15) is 0 Å². The number of anilines is 1. The first-order chi connectivity index (χ1) is 8.63. The summed E-state index contributed by atoms with van der Waals surface area (Å²) in [7, 11) is 0. The number of fused-ring (bicyclic) bond motifs is 1. The average molecular weight is 322 g/mol. The Hall–Kier alpha value is -1.33. The second-order valence-corrected chi connectivity index (χ2v) is 6.75. The van der Waals surface area contributed by atoms with E-state index < -0.39 is 0 Å². The van der Waals surface area contributed by atoms with Gasteiger partial charge in [-0.25, -0.2) is 4.98 Å². The topological polar surface area (TPSA) is 43.8 Å². The van der Waals surface area contributed by atoms with Gasteiger partial charge in [0, 0.05) is 10.6 Å². The van der Waals surface area contributed by atoms with Crippen molar-refractivity contribution in [2.75, 3.05) is 5.73 Å². The molecule has 0 aliphatic rings. The van der Waals surface area contributed by atoms with Gasteiger partial charge in [-0.3, -0.25) is 0 Å². The highest BCUT2D eigenvalue weighted by Crippen LogP contribution is 2.25. The van der Waals surface area contributed by atoms with E-state index in [9.17, 15) is 0 Å². The van der Waals surface area contributed by atoms with E-state index in [4.69, 9.17) is 5.73 Å². The fourth-order valence-electron chi connectivity index (χ4n) is 2.06. The summed E-state index contributed by atoms with van der Waals surface area (Å²) in [6, 6.07) is 10.1. The fraction of sp³-hybridized carbons (Fsp3) is 0.154. The molecule has 0 saturated carbocycles. The van der Waals surface area contributed by atoms with Gasteiger partial charge in [-0.05, 0) is 53.2 Å². The molecule has 0 amide bonds. The third kappa shape index (κ3) is 2.04. The predicted molar refractivity (Wildman–Crippen MR) is 80.0 cm³/mol. The van der Waals surface area contributed by atoms with Gasteiger partial charge < -0.3 is 10.3 Å². The number of nitrogens with two attached hydrogens (primary N) is 1. The summed E-state index contributed by atoms with van der Waals surface area (Å²) in [4.78, 5) is 5.86. The number of hydrogen-bond donors (Lipinski definition) is 1. The maximum absolute atomic E-state index is 5.79. The maximum atomic E-state index is 5.79. The van der Waals surface area contributed by atoms with Crippen molar-refractivity contribution in [1.82, 2.24) is 9.55 Å². The number of rotatable bonds is 2. The van der Waals surface area contributed by atoms with E-state index in [1.165, 1.54) is 4.88 Å². The van der Waals surface area contributed by atoms with Crippen molar-refractivity contribution in [3.05, 3.63) is 44.8 Å². The molecule has 3 aromatic rings. The van der Waals surface area contributed by atoms with Crippen LogP contribution in [0.15, 0.2) is 34.1 Å². The lowest BCUT2D eigenvalue weighted by molar-refractivity contribution is 0.797. The number of imidazole rings is 1. The summed E-state index contributed by atoms with van der Waals surface area (Å²) in [5.41, 5.74) is 8.63. The Kier molecular flexibility index (Phi) is 2.87. The summed E-state index contributed by atoms with van der Waals surface area (Å²) in [6.45, 7) is 2.88. The van der Waals surface area contributed by atoms with Crippen LogP contribution in [0.3, 0.4) is 0 Å². The van der Waals surface area contributed by atoms with Crippen molar-refractivity contribution in [2.24, 2.45) is 0 Å². The van der Waals surface area contributed by atoms with Gasteiger partial charge in [0.05, 0.1) is 21.4 Å². The lowest BCUT2D eigenvalue weighted by Gasteiger charge is -2.04. The minimum atomic E-state index is 0.756. The Morgan fingerprint density at radius 1 is 1.33 bits per heavy atom. The summed E-state index contributed by atoms with van der Waals surface area (Å²) in [5, 5.41) is 0. The van der Waals surface area contributed by atoms with Crippen LogP contribution < -0.4 is 5.73 Å². The minimum absolute atomic E-state index is 0.756. The van der Waals surface area contributed by atoms with Crippen LogP contribution in [0.25, 0.3) is 11.0 Å². The molecule has 0 unspecified atom stereocenters. The number of halogens is 1. The second-order valence-electron chi connectivity index (χ2n) is 4.20. The molecule has 92 valence electrons. The van der Waals surface area contributed by atoms with Crippen LogP contribution in [0.4, 0.5) is 5.69 Å². The van der Waals surface area contributed by atoms with Gasteiger partial charge in [0.25, 0.3) is 0 Å².